The highest BCUT2D eigenvalue weighted by molar-refractivity contribution is 7.98. The van der Waals surface area contributed by atoms with Crippen molar-refractivity contribution >= 4 is 19.4 Å². The minimum atomic E-state index is -3.41. The van der Waals surface area contributed by atoms with Crippen molar-refractivity contribution in [2.75, 3.05) is 105 Å². The van der Waals surface area contributed by atoms with E-state index in [9.17, 15) is 4.57 Å². The fraction of sp³-hybridized carbons (Fsp3) is 1.00. The predicted molar refractivity (Wildman–Crippen MR) is 105 cm³/mol. The summed E-state index contributed by atoms with van der Waals surface area (Å²) < 4.78 is 47.5. The molecule has 0 aliphatic heterocycles. The number of hydrogen-bond donors (Lipinski definition) is 1. The van der Waals surface area contributed by atoms with E-state index in [1.807, 2.05) is 0 Å². The van der Waals surface area contributed by atoms with Crippen LogP contribution in [0.4, 0.5) is 0 Å². The molecule has 0 aromatic rings. The zero-order valence-corrected chi connectivity index (χ0v) is 18.2. The second kappa shape index (κ2) is 21.0. The second-order valence-corrected chi connectivity index (χ2v) is 8.15. The van der Waals surface area contributed by atoms with Crippen molar-refractivity contribution < 1.29 is 42.4 Å². The molecule has 164 valence electrons. The maximum atomic E-state index is 10.8. The highest BCUT2D eigenvalue weighted by Gasteiger charge is 2.08. The molecule has 0 amide bonds. The van der Waals surface area contributed by atoms with Crippen LogP contribution in [-0.4, -0.2) is 109 Å². The third-order valence-corrected chi connectivity index (χ3v) is 4.09. The molecule has 0 fully saturated rings. The van der Waals surface area contributed by atoms with Gasteiger partial charge in [-0.3, -0.25) is 4.57 Å². The summed E-state index contributed by atoms with van der Waals surface area (Å²) in [7, 11) is -3.41. The van der Waals surface area contributed by atoms with Gasteiger partial charge >= 0.3 is 7.60 Å². The van der Waals surface area contributed by atoms with E-state index in [-0.39, 0.29) is 13.2 Å². The highest BCUT2D eigenvalue weighted by atomic mass is 32.2. The fourth-order valence-corrected chi connectivity index (χ4v) is 2.31. The monoisotopic (exact) mass is 434 g/mol. The summed E-state index contributed by atoms with van der Waals surface area (Å²) in [6, 6.07) is 0. The van der Waals surface area contributed by atoms with Crippen molar-refractivity contribution in [1.29, 1.82) is 0 Å². The van der Waals surface area contributed by atoms with Crippen LogP contribution in [0.1, 0.15) is 0 Å². The molecule has 0 heterocycles. The molecule has 11 heteroatoms. The standard InChI is InChI=1S/C16H35O9PS/c1-26(17,18)25-14-13-23-10-9-21-6-5-19-3-4-20-7-8-22-11-12-24-15-16-27-2/h3-16H2,1-2H3,(H,17,18). The van der Waals surface area contributed by atoms with Gasteiger partial charge in [0.1, 0.15) is 0 Å². The number of thioether (sulfide) groups is 1. The normalized spacial score (nSPS) is 13.7. The Labute approximate surface area is 166 Å². The van der Waals surface area contributed by atoms with E-state index in [2.05, 4.69) is 10.8 Å². The molecule has 0 radical (unpaired) electrons. The first-order valence-electron chi connectivity index (χ1n) is 8.96. The molecule has 0 aliphatic rings. The van der Waals surface area contributed by atoms with Gasteiger partial charge < -0.3 is 37.8 Å². The molecule has 27 heavy (non-hydrogen) atoms. The van der Waals surface area contributed by atoms with E-state index in [1.54, 1.807) is 11.8 Å². The Morgan fingerprint density at radius 2 is 0.926 bits per heavy atom. The van der Waals surface area contributed by atoms with Crippen LogP contribution >= 0.6 is 19.4 Å². The molecule has 0 aromatic heterocycles. The number of rotatable bonds is 22. The Hall–Kier alpha value is 0.260. The largest absolute Gasteiger partial charge is 0.378 e. The molecule has 0 aromatic carbocycles. The van der Waals surface area contributed by atoms with Gasteiger partial charge in [0.2, 0.25) is 0 Å². The van der Waals surface area contributed by atoms with E-state index in [1.165, 1.54) is 0 Å². The van der Waals surface area contributed by atoms with Gasteiger partial charge in [-0.15, -0.1) is 0 Å². The van der Waals surface area contributed by atoms with E-state index in [0.717, 1.165) is 19.0 Å². The molecule has 1 atom stereocenters. The lowest BCUT2D eigenvalue weighted by Gasteiger charge is -2.09. The Kier molecular flexibility index (Phi) is 21.2. The van der Waals surface area contributed by atoms with Gasteiger partial charge in [0.25, 0.3) is 0 Å². The molecule has 9 nitrogen and oxygen atoms in total. The summed E-state index contributed by atoms with van der Waals surface area (Å²) in [6.07, 6.45) is 2.05. The number of ether oxygens (including phenoxy) is 6. The molecule has 0 saturated heterocycles. The van der Waals surface area contributed by atoms with Crippen molar-refractivity contribution in [2.24, 2.45) is 0 Å². The van der Waals surface area contributed by atoms with Gasteiger partial charge in [0.15, 0.2) is 0 Å². The van der Waals surface area contributed by atoms with Gasteiger partial charge in [-0.05, 0) is 6.26 Å². The van der Waals surface area contributed by atoms with Crippen LogP contribution in [0.2, 0.25) is 0 Å². The third kappa shape index (κ3) is 26.3. The van der Waals surface area contributed by atoms with Crippen molar-refractivity contribution in [2.45, 2.75) is 0 Å². The van der Waals surface area contributed by atoms with Crippen LogP contribution in [-0.2, 0) is 37.5 Å². The Morgan fingerprint density at radius 3 is 1.22 bits per heavy atom. The molecule has 0 saturated carbocycles. The SMILES string of the molecule is CSCCOCCOCCOCCOCCOCCOCCOP(C)(=O)O. The van der Waals surface area contributed by atoms with Crippen LogP contribution in [0.5, 0.6) is 0 Å². The third-order valence-electron chi connectivity index (χ3n) is 2.85. The molecule has 0 spiro atoms. The molecule has 0 rings (SSSR count). The Bertz CT molecular complexity index is 344. The summed E-state index contributed by atoms with van der Waals surface area (Å²) in [6.45, 7) is 7.34. The average Bonchev–Trinajstić information content (AvgIpc) is 2.62. The summed E-state index contributed by atoms with van der Waals surface area (Å²) in [5.41, 5.74) is 0. The molecule has 0 bridgehead atoms. The fourth-order valence-electron chi connectivity index (χ4n) is 1.61. The molecule has 1 N–H and O–H groups in total. The van der Waals surface area contributed by atoms with Gasteiger partial charge in [-0.25, -0.2) is 0 Å². The number of hydrogen-bond acceptors (Lipinski definition) is 9. The Morgan fingerprint density at radius 1 is 0.630 bits per heavy atom. The summed E-state index contributed by atoms with van der Waals surface area (Å²) in [4.78, 5) is 8.90. The van der Waals surface area contributed by atoms with Crippen LogP contribution in [0.3, 0.4) is 0 Å². The van der Waals surface area contributed by atoms with Crippen LogP contribution in [0, 0.1) is 0 Å². The predicted octanol–water partition coefficient (Wildman–Crippen LogP) is 1.28. The van der Waals surface area contributed by atoms with Crippen LogP contribution in [0.25, 0.3) is 0 Å². The summed E-state index contributed by atoms with van der Waals surface area (Å²) in [5, 5.41) is 0. The highest BCUT2D eigenvalue weighted by Crippen LogP contribution is 2.35. The lowest BCUT2D eigenvalue weighted by atomic mass is 10.7. The van der Waals surface area contributed by atoms with E-state index in [4.69, 9.17) is 33.3 Å². The van der Waals surface area contributed by atoms with Crippen LogP contribution in [0.15, 0.2) is 0 Å². The first kappa shape index (κ1) is 27.3. The first-order valence-corrected chi connectivity index (χ1v) is 12.4. The quantitative estimate of drug-likeness (QED) is 0.198. The van der Waals surface area contributed by atoms with Crippen molar-refractivity contribution in [3.8, 4) is 0 Å². The maximum absolute atomic E-state index is 10.8. The zero-order valence-electron chi connectivity index (χ0n) is 16.5. The van der Waals surface area contributed by atoms with Gasteiger partial charge in [0, 0.05) is 12.4 Å². The van der Waals surface area contributed by atoms with Crippen molar-refractivity contribution in [3.05, 3.63) is 0 Å². The lowest BCUT2D eigenvalue weighted by molar-refractivity contribution is -0.0173. The van der Waals surface area contributed by atoms with Gasteiger partial charge in [-0.2, -0.15) is 11.8 Å². The molecule has 0 aliphatic carbocycles. The minimum absolute atomic E-state index is 0.0877. The average molecular weight is 434 g/mol. The topological polar surface area (TPSA) is 102 Å². The molecular formula is C16H35O9PS. The zero-order chi connectivity index (χ0) is 20.1. The summed E-state index contributed by atoms with van der Waals surface area (Å²) >= 11 is 1.76. The van der Waals surface area contributed by atoms with E-state index >= 15 is 0 Å². The summed E-state index contributed by atoms with van der Waals surface area (Å²) in [5.74, 6) is 1.01. The van der Waals surface area contributed by atoms with Crippen LogP contribution < -0.4 is 0 Å². The smallest absolute Gasteiger partial charge is 0.325 e. The van der Waals surface area contributed by atoms with E-state index < -0.39 is 7.60 Å². The minimum Gasteiger partial charge on any atom is -0.378 e. The first-order chi connectivity index (χ1) is 13.1. The lowest BCUT2D eigenvalue weighted by Crippen LogP contribution is -2.14. The van der Waals surface area contributed by atoms with Crippen molar-refractivity contribution in [3.63, 3.8) is 0 Å². The Balaban J connectivity index is 3.02. The molecule has 1 unspecified atom stereocenters. The second-order valence-electron chi connectivity index (χ2n) is 5.30. The van der Waals surface area contributed by atoms with E-state index in [0.29, 0.717) is 66.1 Å². The van der Waals surface area contributed by atoms with Crippen molar-refractivity contribution in [1.82, 2.24) is 0 Å². The maximum Gasteiger partial charge on any atom is 0.325 e. The van der Waals surface area contributed by atoms with Gasteiger partial charge in [-0.1, -0.05) is 0 Å². The molecular weight excluding hydrogens is 399 g/mol. The van der Waals surface area contributed by atoms with Gasteiger partial charge in [0.05, 0.1) is 85.9 Å².